The molecule has 0 aliphatic rings. The summed E-state index contributed by atoms with van der Waals surface area (Å²) in [4.78, 5) is 17.2. The van der Waals surface area contributed by atoms with E-state index in [1.165, 1.54) is 0 Å². The van der Waals surface area contributed by atoms with E-state index in [9.17, 15) is 4.79 Å². The minimum Gasteiger partial charge on any atom is -0.497 e. The van der Waals surface area contributed by atoms with Crippen molar-refractivity contribution in [2.75, 3.05) is 26.5 Å². The number of ether oxygens (including phenoxy) is 2. The molecule has 0 unspecified atom stereocenters. The predicted octanol–water partition coefficient (Wildman–Crippen LogP) is 5.83. The van der Waals surface area contributed by atoms with E-state index in [0.29, 0.717) is 12.3 Å². The second-order valence-corrected chi connectivity index (χ2v) is 10.2. The third kappa shape index (κ3) is 7.18. The molecular weight excluding hydrogens is 460 g/mol. The molecule has 0 bridgehead atoms. The molecule has 1 aromatic heterocycles. The lowest BCUT2D eigenvalue weighted by Gasteiger charge is -2.20. The Morgan fingerprint density at radius 2 is 1.54 bits per heavy atom. The summed E-state index contributed by atoms with van der Waals surface area (Å²) in [6, 6.07) is 15.9. The van der Waals surface area contributed by atoms with Crippen molar-refractivity contribution in [3.63, 3.8) is 0 Å². The molecule has 3 aromatic rings. The van der Waals surface area contributed by atoms with Crippen LogP contribution in [-0.4, -0.2) is 47.6 Å². The molecule has 7 nitrogen and oxygen atoms in total. The molecule has 0 spiro atoms. The van der Waals surface area contributed by atoms with Gasteiger partial charge in [0.2, 0.25) is 0 Å². The minimum atomic E-state index is -0.269. The van der Waals surface area contributed by atoms with Crippen molar-refractivity contribution < 1.29 is 14.3 Å². The lowest BCUT2D eigenvalue weighted by molar-refractivity contribution is 0.232. The number of urea groups is 1. The number of hydrogen-bond acceptors (Lipinski definition) is 5. The van der Waals surface area contributed by atoms with Crippen LogP contribution >= 0.6 is 11.8 Å². The molecule has 0 fully saturated rings. The van der Waals surface area contributed by atoms with Crippen molar-refractivity contribution in [3.8, 4) is 34.0 Å². The number of rotatable bonds is 10. The average Bonchev–Trinajstić information content (AvgIpc) is 3.19. The van der Waals surface area contributed by atoms with Gasteiger partial charge in [-0.25, -0.2) is 9.78 Å². The van der Waals surface area contributed by atoms with E-state index in [1.54, 1.807) is 26.0 Å². The number of amides is 2. The fourth-order valence-corrected chi connectivity index (χ4v) is 4.54. The van der Waals surface area contributed by atoms with Crippen molar-refractivity contribution in [2.24, 2.45) is 0 Å². The Hall–Kier alpha value is -3.13. The summed E-state index contributed by atoms with van der Waals surface area (Å²) in [6.07, 6.45) is 0.974. The van der Waals surface area contributed by atoms with Gasteiger partial charge in [-0.1, -0.05) is 18.7 Å². The van der Waals surface area contributed by atoms with Crippen LogP contribution in [0.4, 0.5) is 4.79 Å². The highest BCUT2D eigenvalue weighted by molar-refractivity contribution is 7.99. The summed E-state index contributed by atoms with van der Waals surface area (Å²) >= 11 is 1.65. The lowest BCUT2D eigenvalue weighted by Crippen LogP contribution is -2.46. The number of nitrogens with zero attached hydrogens (tertiary/aromatic N) is 2. The number of nitrogens with one attached hydrogen (secondary N) is 2. The third-order valence-corrected chi connectivity index (χ3v) is 6.19. The highest BCUT2D eigenvalue weighted by Crippen LogP contribution is 2.37. The van der Waals surface area contributed by atoms with Crippen molar-refractivity contribution in [1.82, 2.24) is 20.2 Å². The summed E-state index contributed by atoms with van der Waals surface area (Å²) in [5, 5.41) is 6.79. The third-order valence-electron chi connectivity index (χ3n) is 5.21. The number of thioether (sulfide) groups is 1. The van der Waals surface area contributed by atoms with E-state index < -0.39 is 0 Å². The van der Waals surface area contributed by atoms with Gasteiger partial charge in [-0.15, -0.1) is 0 Å². The second kappa shape index (κ2) is 12.0. The molecule has 0 aliphatic carbocycles. The fourth-order valence-electron chi connectivity index (χ4n) is 3.66. The standard InChI is InChI=1S/C27H36N4O3S/c1-7-17-31-24(20-10-14-22(34-6)15-11-20)23(19-8-12-21(33-5)13-9-19)29-26(31)35-18-16-28-25(32)30-27(2,3)4/h8-15H,7,16-18H2,1-6H3,(H2,28,30,32). The first-order valence-corrected chi connectivity index (χ1v) is 12.8. The Balaban J connectivity index is 1.92. The summed E-state index contributed by atoms with van der Waals surface area (Å²) < 4.78 is 13.0. The SMILES string of the molecule is CCCn1c(SCCNC(=O)NC(C)(C)C)nc(-c2ccc(OC)cc2)c1-c1ccc(OC)cc1. The van der Waals surface area contributed by atoms with Gasteiger partial charge in [0.25, 0.3) is 0 Å². The molecule has 0 saturated heterocycles. The largest absolute Gasteiger partial charge is 0.497 e. The smallest absolute Gasteiger partial charge is 0.315 e. The summed E-state index contributed by atoms with van der Waals surface area (Å²) in [5.74, 6) is 2.33. The Morgan fingerprint density at radius 1 is 0.971 bits per heavy atom. The minimum absolute atomic E-state index is 0.159. The van der Waals surface area contributed by atoms with E-state index in [-0.39, 0.29) is 11.6 Å². The van der Waals surface area contributed by atoms with Crippen LogP contribution in [0.3, 0.4) is 0 Å². The number of imidazole rings is 1. The van der Waals surface area contributed by atoms with Crippen molar-refractivity contribution in [1.29, 1.82) is 0 Å². The van der Waals surface area contributed by atoms with Crippen molar-refractivity contribution in [2.45, 2.75) is 51.4 Å². The number of hydrogen-bond donors (Lipinski definition) is 2. The van der Waals surface area contributed by atoms with Crippen LogP contribution in [-0.2, 0) is 6.54 Å². The van der Waals surface area contributed by atoms with E-state index in [2.05, 4.69) is 34.3 Å². The van der Waals surface area contributed by atoms with E-state index in [4.69, 9.17) is 14.5 Å². The van der Waals surface area contributed by atoms with Crippen LogP contribution in [0.15, 0.2) is 53.7 Å². The number of aromatic nitrogens is 2. The molecule has 35 heavy (non-hydrogen) atoms. The predicted molar refractivity (Wildman–Crippen MR) is 144 cm³/mol. The van der Waals surface area contributed by atoms with Gasteiger partial charge in [-0.2, -0.15) is 0 Å². The van der Waals surface area contributed by atoms with Gasteiger partial charge in [0, 0.05) is 35.5 Å². The first-order valence-electron chi connectivity index (χ1n) is 11.8. The number of benzene rings is 2. The van der Waals surface area contributed by atoms with Crippen LogP contribution in [0.5, 0.6) is 11.5 Å². The van der Waals surface area contributed by atoms with E-state index >= 15 is 0 Å². The quantitative estimate of drug-likeness (QED) is 0.273. The highest BCUT2D eigenvalue weighted by atomic mass is 32.2. The van der Waals surface area contributed by atoms with Gasteiger partial charge in [0.1, 0.15) is 11.5 Å². The first-order chi connectivity index (χ1) is 16.8. The monoisotopic (exact) mass is 496 g/mol. The Labute approximate surface area is 212 Å². The Morgan fingerprint density at radius 3 is 2.06 bits per heavy atom. The Kier molecular flexibility index (Phi) is 9.09. The molecule has 0 aliphatic heterocycles. The molecule has 2 N–H and O–H groups in total. The molecule has 1 heterocycles. The van der Waals surface area contributed by atoms with Crippen molar-refractivity contribution >= 4 is 17.8 Å². The zero-order valence-electron chi connectivity index (χ0n) is 21.5. The molecule has 0 atom stereocenters. The van der Waals surface area contributed by atoms with Crippen LogP contribution in [0.1, 0.15) is 34.1 Å². The number of carbonyl (C=O) groups is 1. The van der Waals surface area contributed by atoms with Crippen LogP contribution in [0.25, 0.3) is 22.5 Å². The molecule has 2 amide bonds. The van der Waals surface area contributed by atoms with Crippen LogP contribution in [0.2, 0.25) is 0 Å². The maximum absolute atomic E-state index is 12.1. The molecular formula is C27H36N4O3S. The zero-order chi connectivity index (χ0) is 25.4. The molecule has 188 valence electrons. The topological polar surface area (TPSA) is 77.4 Å². The fraction of sp³-hybridized carbons (Fsp3) is 0.407. The van der Waals surface area contributed by atoms with Gasteiger partial charge in [-0.3, -0.25) is 0 Å². The second-order valence-electron chi connectivity index (χ2n) is 9.18. The normalized spacial score (nSPS) is 11.3. The Bertz CT molecular complexity index is 1100. The summed E-state index contributed by atoms with van der Waals surface area (Å²) in [6.45, 7) is 9.43. The van der Waals surface area contributed by atoms with Gasteiger partial charge in [0.05, 0.1) is 25.6 Å². The summed E-state index contributed by atoms with van der Waals surface area (Å²) in [7, 11) is 3.34. The average molecular weight is 497 g/mol. The van der Waals surface area contributed by atoms with E-state index in [0.717, 1.165) is 52.1 Å². The molecule has 2 aromatic carbocycles. The molecule has 3 rings (SSSR count). The van der Waals surface area contributed by atoms with Gasteiger partial charge in [0.15, 0.2) is 5.16 Å². The number of carbonyl (C=O) groups excluding carboxylic acids is 1. The molecule has 8 heteroatoms. The maximum atomic E-state index is 12.1. The van der Waals surface area contributed by atoms with Gasteiger partial charge < -0.3 is 24.7 Å². The highest BCUT2D eigenvalue weighted by Gasteiger charge is 2.20. The maximum Gasteiger partial charge on any atom is 0.315 e. The summed E-state index contributed by atoms with van der Waals surface area (Å²) in [5.41, 5.74) is 3.82. The first kappa shape index (κ1) is 26.5. The molecule has 0 radical (unpaired) electrons. The van der Waals surface area contributed by atoms with Crippen molar-refractivity contribution in [3.05, 3.63) is 48.5 Å². The van der Waals surface area contributed by atoms with Gasteiger partial charge in [-0.05, 0) is 75.7 Å². The van der Waals surface area contributed by atoms with E-state index in [1.807, 2.05) is 57.2 Å². The number of methoxy groups -OCH3 is 2. The zero-order valence-corrected chi connectivity index (χ0v) is 22.3. The van der Waals surface area contributed by atoms with Crippen LogP contribution < -0.4 is 20.1 Å². The lowest BCUT2D eigenvalue weighted by atomic mass is 10.0. The van der Waals surface area contributed by atoms with Crippen LogP contribution in [0, 0.1) is 0 Å². The van der Waals surface area contributed by atoms with Gasteiger partial charge >= 0.3 is 6.03 Å². The molecule has 0 saturated carbocycles.